The second-order valence-electron chi connectivity index (χ2n) is 4.64. The van der Waals surface area contributed by atoms with Gasteiger partial charge < -0.3 is 9.84 Å². The number of hydrogen-bond acceptors (Lipinski definition) is 3. The van der Waals surface area contributed by atoms with E-state index in [1.54, 1.807) is 27.7 Å². The second kappa shape index (κ2) is 6.27. The molecule has 5 nitrogen and oxygen atoms in total. The number of carboxylic acid groups (broad SMARTS) is 1. The fraction of sp³-hybridized carbons (Fsp3) is 0.667. The van der Waals surface area contributed by atoms with Crippen molar-refractivity contribution in [3.05, 3.63) is 12.7 Å². The van der Waals surface area contributed by atoms with Crippen LogP contribution < -0.4 is 0 Å². The molecule has 0 bridgehead atoms. The summed E-state index contributed by atoms with van der Waals surface area (Å²) in [6.45, 7) is 10.7. The largest absolute Gasteiger partial charge is 0.480 e. The average Bonchev–Trinajstić information content (AvgIpc) is 2.14. The summed E-state index contributed by atoms with van der Waals surface area (Å²) in [6.07, 6.45) is 1.06. The minimum absolute atomic E-state index is 0.197. The zero-order chi connectivity index (χ0) is 13.6. The Morgan fingerprint density at radius 3 is 2.29 bits per heavy atom. The average molecular weight is 243 g/mol. The maximum absolute atomic E-state index is 11.8. The summed E-state index contributed by atoms with van der Waals surface area (Å²) in [7, 11) is 0. The summed E-state index contributed by atoms with van der Waals surface area (Å²) in [6, 6.07) is -0.924. The molecule has 98 valence electrons. The molecule has 0 spiro atoms. The van der Waals surface area contributed by atoms with Gasteiger partial charge in [0.15, 0.2) is 0 Å². The van der Waals surface area contributed by atoms with E-state index >= 15 is 0 Å². The van der Waals surface area contributed by atoms with Gasteiger partial charge in [-0.05, 0) is 34.1 Å². The number of carboxylic acids is 1. The van der Waals surface area contributed by atoms with Crippen LogP contribution in [0.3, 0.4) is 0 Å². The summed E-state index contributed by atoms with van der Waals surface area (Å²) < 4.78 is 5.16. The van der Waals surface area contributed by atoms with Gasteiger partial charge in [0, 0.05) is 6.54 Å². The number of amides is 1. The Labute approximate surface area is 102 Å². The zero-order valence-corrected chi connectivity index (χ0v) is 10.9. The number of hydrogen-bond donors (Lipinski definition) is 1. The van der Waals surface area contributed by atoms with E-state index in [0.29, 0.717) is 0 Å². The van der Waals surface area contributed by atoms with Crippen LogP contribution in [0.2, 0.25) is 0 Å². The first-order valence-electron chi connectivity index (χ1n) is 5.56. The monoisotopic (exact) mass is 243 g/mol. The summed E-state index contributed by atoms with van der Waals surface area (Å²) in [5.41, 5.74) is -0.637. The minimum atomic E-state index is -1.06. The van der Waals surface area contributed by atoms with Crippen LogP contribution in [0.1, 0.15) is 34.1 Å². The Balaban J connectivity index is 4.84. The van der Waals surface area contributed by atoms with Crippen LogP contribution in [0.25, 0.3) is 0 Å². The molecule has 0 aliphatic carbocycles. The van der Waals surface area contributed by atoms with Crippen molar-refractivity contribution in [2.75, 3.05) is 6.54 Å². The standard InChI is InChI=1S/C12H21NO4/c1-6-8-9(10(14)15)13(7-2)11(16)17-12(3,4)5/h6,9H,1,7-8H2,2-5H3,(H,14,15)/t9-/m0/s1. The predicted octanol–water partition coefficient (Wildman–Crippen LogP) is 2.27. The molecule has 0 rings (SSSR count). The third kappa shape index (κ3) is 5.38. The first-order valence-corrected chi connectivity index (χ1v) is 5.56. The molecule has 0 radical (unpaired) electrons. The van der Waals surface area contributed by atoms with E-state index in [4.69, 9.17) is 9.84 Å². The van der Waals surface area contributed by atoms with E-state index in [1.807, 2.05) is 0 Å². The summed E-state index contributed by atoms with van der Waals surface area (Å²) >= 11 is 0. The Kier molecular flexibility index (Phi) is 5.71. The van der Waals surface area contributed by atoms with Crippen molar-refractivity contribution < 1.29 is 19.4 Å². The Morgan fingerprint density at radius 1 is 1.47 bits per heavy atom. The molecule has 0 aromatic carbocycles. The van der Waals surface area contributed by atoms with E-state index in [0.717, 1.165) is 0 Å². The van der Waals surface area contributed by atoms with Gasteiger partial charge in [-0.15, -0.1) is 6.58 Å². The van der Waals surface area contributed by atoms with E-state index in [1.165, 1.54) is 11.0 Å². The van der Waals surface area contributed by atoms with Crippen molar-refractivity contribution in [1.82, 2.24) is 4.90 Å². The van der Waals surface area contributed by atoms with Crippen LogP contribution in [0.4, 0.5) is 4.79 Å². The predicted molar refractivity (Wildman–Crippen MR) is 64.9 cm³/mol. The third-order valence-electron chi connectivity index (χ3n) is 2.02. The van der Waals surface area contributed by atoms with Gasteiger partial charge in [0.1, 0.15) is 11.6 Å². The van der Waals surface area contributed by atoms with E-state index in [-0.39, 0.29) is 13.0 Å². The molecule has 17 heavy (non-hydrogen) atoms. The van der Waals surface area contributed by atoms with Crippen LogP contribution in [-0.4, -0.2) is 40.3 Å². The lowest BCUT2D eigenvalue weighted by atomic mass is 10.1. The fourth-order valence-corrected chi connectivity index (χ4v) is 1.32. The molecule has 1 amide bonds. The number of rotatable bonds is 5. The zero-order valence-electron chi connectivity index (χ0n) is 10.9. The van der Waals surface area contributed by atoms with E-state index in [9.17, 15) is 9.59 Å². The highest BCUT2D eigenvalue weighted by Gasteiger charge is 2.30. The van der Waals surface area contributed by atoms with Crippen LogP contribution in [0.5, 0.6) is 0 Å². The van der Waals surface area contributed by atoms with E-state index in [2.05, 4.69) is 6.58 Å². The van der Waals surface area contributed by atoms with Crippen molar-refractivity contribution in [3.63, 3.8) is 0 Å². The highest BCUT2D eigenvalue weighted by molar-refractivity contribution is 5.80. The molecule has 1 N–H and O–H groups in total. The third-order valence-corrected chi connectivity index (χ3v) is 2.02. The Hall–Kier alpha value is -1.52. The molecule has 0 heterocycles. The second-order valence-corrected chi connectivity index (χ2v) is 4.64. The van der Waals surface area contributed by atoms with Gasteiger partial charge in [-0.25, -0.2) is 9.59 Å². The highest BCUT2D eigenvalue weighted by atomic mass is 16.6. The molecular formula is C12H21NO4. The Morgan fingerprint density at radius 2 is 2.00 bits per heavy atom. The molecular weight excluding hydrogens is 222 g/mol. The van der Waals surface area contributed by atoms with Gasteiger partial charge in [-0.3, -0.25) is 4.90 Å². The van der Waals surface area contributed by atoms with Crippen molar-refractivity contribution in [3.8, 4) is 0 Å². The van der Waals surface area contributed by atoms with E-state index < -0.39 is 23.7 Å². The Bertz CT molecular complexity index is 293. The quantitative estimate of drug-likeness (QED) is 0.752. The molecule has 0 saturated heterocycles. The molecule has 0 aliphatic rings. The normalized spacial score (nSPS) is 12.7. The molecule has 0 fully saturated rings. The molecule has 0 aromatic rings. The number of aliphatic carboxylic acids is 1. The number of carbonyl (C=O) groups is 2. The van der Waals surface area contributed by atoms with Crippen LogP contribution in [-0.2, 0) is 9.53 Å². The first kappa shape index (κ1) is 15.5. The smallest absolute Gasteiger partial charge is 0.411 e. The van der Waals surface area contributed by atoms with Gasteiger partial charge in [0.05, 0.1) is 0 Å². The molecule has 0 aromatic heterocycles. The molecule has 0 aliphatic heterocycles. The number of ether oxygens (including phenoxy) is 1. The van der Waals surface area contributed by atoms with Gasteiger partial charge in [-0.1, -0.05) is 6.08 Å². The lowest BCUT2D eigenvalue weighted by Gasteiger charge is -2.30. The maximum Gasteiger partial charge on any atom is 0.411 e. The lowest BCUT2D eigenvalue weighted by Crippen LogP contribution is -2.46. The summed E-state index contributed by atoms with van der Waals surface area (Å²) in [5, 5.41) is 9.06. The van der Waals surface area contributed by atoms with Gasteiger partial charge in [0.2, 0.25) is 0 Å². The molecule has 0 unspecified atom stereocenters. The van der Waals surface area contributed by atoms with Gasteiger partial charge in [-0.2, -0.15) is 0 Å². The fourth-order valence-electron chi connectivity index (χ4n) is 1.32. The van der Waals surface area contributed by atoms with Crippen molar-refractivity contribution >= 4 is 12.1 Å². The van der Waals surface area contributed by atoms with Crippen LogP contribution in [0, 0.1) is 0 Å². The van der Waals surface area contributed by atoms with Crippen molar-refractivity contribution in [2.24, 2.45) is 0 Å². The molecule has 5 heteroatoms. The number of likely N-dealkylation sites (N-methyl/N-ethyl adjacent to an activating group) is 1. The highest BCUT2D eigenvalue weighted by Crippen LogP contribution is 2.13. The van der Waals surface area contributed by atoms with Gasteiger partial charge in [0.25, 0.3) is 0 Å². The SMILES string of the molecule is C=CC[C@@H](C(=O)O)N(CC)C(=O)OC(C)(C)C. The summed E-state index contributed by atoms with van der Waals surface area (Å²) in [4.78, 5) is 24.1. The lowest BCUT2D eigenvalue weighted by molar-refractivity contribution is -0.143. The molecule has 0 saturated carbocycles. The van der Waals surface area contributed by atoms with Crippen molar-refractivity contribution in [1.29, 1.82) is 0 Å². The van der Waals surface area contributed by atoms with Crippen LogP contribution in [0.15, 0.2) is 12.7 Å². The topological polar surface area (TPSA) is 66.8 Å². The number of carbonyl (C=O) groups excluding carboxylic acids is 1. The minimum Gasteiger partial charge on any atom is -0.480 e. The van der Waals surface area contributed by atoms with Gasteiger partial charge >= 0.3 is 12.1 Å². The first-order chi connectivity index (χ1) is 7.72. The molecule has 1 atom stereocenters. The maximum atomic E-state index is 11.8. The number of nitrogens with zero attached hydrogens (tertiary/aromatic N) is 1. The van der Waals surface area contributed by atoms with Crippen LogP contribution >= 0.6 is 0 Å². The van der Waals surface area contributed by atoms with Crippen molar-refractivity contribution in [2.45, 2.75) is 45.8 Å². The summed E-state index contributed by atoms with van der Waals surface area (Å²) in [5.74, 6) is -1.06.